The van der Waals surface area contributed by atoms with E-state index in [-0.39, 0.29) is 0 Å². The molecule has 1 saturated heterocycles. The molecule has 0 radical (unpaired) electrons. The van der Waals surface area contributed by atoms with Crippen LogP contribution in [0.25, 0.3) is 0 Å². The molecule has 2 aromatic carbocycles. The lowest BCUT2D eigenvalue weighted by Crippen LogP contribution is -2.23. The summed E-state index contributed by atoms with van der Waals surface area (Å²) in [6, 6.07) is 18.8. The molecular weight excluding hydrogens is 348 g/mol. The predicted octanol–water partition coefficient (Wildman–Crippen LogP) is 4.24. The van der Waals surface area contributed by atoms with Gasteiger partial charge in [-0.15, -0.1) is 5.10 Å². The van der Waals surface area contributed by atoms with Gasteiger partial charge in [0.2, 0.25) is 5.95 Å². The largest absolute Gasteiger partial charge is 0.372 e. The first kappa shape index (κ1) is 18.2. The van der Waals surface area contributed by atoms with E-state index in [1.807, 2.05) is 6.07 Å². The summed E-state index contributed by atoms with van der Waals surface area (Å²) in [6.45, 7) is 6.05. The Labute approximate surface area is 166 Å². The van der Waals surface area contributed by atoms with Crippen LogP contribution in [0.2, 0.25) is 0 Å². The second-order valence-corrected chi connectivity index (χ2v) is 7.00. The number of rotatable bonds is 7. The Bertz CT molecular complexity index is 875. The molecule has 0 unspecified atom stereocenters. The second-order valence-electron chi connectivity index (χ2n) is 7.00. The molecule has 1 aliphatic rings. The minimum Gasteiger partial charge on any atom is -0.372 e. The summed E-state index contributed by atoms with van der Waals surface area (Å²) in [7, 11) is 0. The lowest BCUT2D eigenvalue weighted by atomic mass is 10.2. The molecule has 2 heterocycles. The Morgan fingerprint density at radius 3 is 2.46 bits per heavy atom. The highest BCUT2D eigenvalue weighted by Gasteiger charge is 2.12. The van der Waals surface area contributed by atoms with Gasteiger partial charge < -0.3 is 15.1 Å². The molecule has 0 atom stereocenters. The summed E-state index contributed by atoms with van der Waals surface area (Å²) in [5.41, 5.74) is 3.49. The molecule has 144 valence electrons. The summed E-state index contributed by atoms with van der Waals surface area (Å²) >= 11 is 0. The fourth-order valence-electron chi connectivity index (χ4n) is 3.52. The first-order valence-corrected chi connectivity index (χ1v) is 9.92. The third-order valence-corrected chi connectivity index (χ3v) is 5.06. The van der Waals surface area contributed by atoms with Crippen LogP contribution >= 0.6 is 0 Å². The highest BCUT2D eigenvalue weighted by atomic mass is 15.3. The number of hydrogen-bond acceptors (Lipinski definition) is 6. The molecule has 1 aliphatic heterocycles. The summed E-state index contributed by atoms with van der Waals surface area (Å²) in [4.78, 5) is 9.27. The third kappa shape index (κ3) is 4.39. The average molecular weight is 374 g/mol. The molecule has 3 aromatic rings. The molecule has 0 amide bonds. The number of hydrogen-bond donors (Lipinski definition) is 1. The normalized spacial score (nSPS) is 13.5. The lowest BCUT2D eigenvalue weighted by Gasteiger charge is -2.22. The van der Waals surface area contributed by atoms with E-state index >= 15 is 0 Å². The number of nitrogens with one attached hydrogen (secondary N) is 1. The Morgan fingerprint density at radius 1 is 1.00 bits per heavy atom. The van der Waals surface area contributed by atoms with Gasteiger partial charge in [-0.05, 0) is 49.6 Å². The van der Waals surface area contributed by atoms with Crippen molar-refractivity contribution < 1.29 is 0 Å². The zero-order chi connectivity index (χ0) is 19.2. The van der Waals surface area contributed by atoms with Crippen LogP contribution in [0.15, 0.2) is 60.8 Å². The van der Waals surface area contributed by atoms with E-state index < -0.39 is 0 Å². The average Bonchev–Trinajstić information content (AvgIpc) is 3.28. The number of anilines is 4. The SMILES string of the molecule is CCN(Cc1ccccc1)c1cnnc(Nc2ccc(N3CCCC3)cc2)n1. The van der Waals surface area contributed by atoms with Gasteiger partial charge in [-0.2, -0.15) is 10.1 Å². The zero-order valence-corrected chi connectivity index (χ0v) is 16.3. The van der Waals surface area contributed by atoms with Gasteiger partial charge in [0.25, 0.3) is 0 Å². The van der Waals surface area contributed by atoms with Crippen molar-refractivity contribution in [2.24, 2.45) is 0 Å². The van der Waals surface area contributed by atoms with Crippen LogP contribution in [0.3, 0.4) is 0 Å². The van der Waals surface area contributed by atoms with E-state index in [0.29, 0.717) is 5.95 Å². The van der Waals surface area contributed by atoms with Gasteiger partial charge in [0.1, 0.15) is 0 Å². The van der Waals surface area contributed by atoms with Crippen LogP contribution in [-0.2, 0) is 6.54 Å². The molecule has 1 N–H and O–H groups in total. The number of nitrogens with zero attached hydrogens (tertiary/aromatic N) is 5. The van der Waals surface area contributed by atoms with Crippen molar-refractivity contribution >= 4 is 23.1 Å². The minimum atomic E-state index is 0.512. The van der Waals surface area contributed by atoms with E-state index in [9.17, 15) is 0 Å². The topological polar surface area (TPSA) is 57.2 Å². The molecule has 0 saturated carbocycles. The second kappa shape index (κ2) is 8.69. The monoisotopic (exact) mass is 374 g/mol. The summed E-state index contributed by atoms with van der Waals surface area (Å²) in [5.74, 6) is 1.33. The Hall–Kier alpha value is -3.15. The quantitative estimate of drug-likeness (QED) is 0.667. The molecular formula is C22H26N6. The standard InChI is InChI=1S/C22H26N6/c1-2-27(17-18-8-4-3-5-9-18)21-16-23-26-22(25-21)24-19-10-12-20(13-11-19)28-14-6-7-15-28/h3-5,8-13,16H,2,6-7,14-15,17H2,1H3,(H,24,25,26). The van der Waals surface area contributed by atoms with Crippen LogP contribution in [0, 0.1) is 0 Å². The van der Waals surface area contributed by atoms with Crippen LogP contribution in [0.1, 0.15) is 25.3 Å². The molecule has 6 heteroatoms. The van der Waals surface area contributed by atoms with Crippen molar-refractivity contribution in [3.8, 4) is 0 Å². The van der Waals surface area contributed by atoms with E-state index in [0.717, 1.165) is 37.7 Å². The van der Waals surface area contributed by atoms with Crippen LogP contribution in [0.5, 0.6) is 0 Å². The fraction of sp³-hybridized carbons (Fsp3) is 0.318. The van der Waals surface area contributed by atoms with Crippen molar-refractivity contribution in [3.63, 3.8) is 0 Å². The van der Waals surface area contributed by atoms with Crippen molar-refractivity contribution in [2.75, 3.05) is 34.8 Å². The van der Waals surface area contributed by atoms with Gasteiger partial charge in [0.15, 0.2) is 5.82 Å². The van der Waals surface area contributed by atoms with Crippen LogP contribution in [-0.4, -0.2) is 34.8 Å². The van der Waals surface area contributed by atoms with Crippen LogP contribution in [0.4, 0.5) is 23.1 Å². The number of aromatic nitrogens is 3. The van der Waals surface area contributed by atoms with Gasteiger partial charge in [-0.25, -0.2) is 0 Å². The van der Waals surface area contributed by atoms with Gasteiger partial charge in [0, 0.05) is 37.6 Å². The van der Waals surface area contributed by atoms with Gasteiger partial charge in [0.05, 0.1) is 6.20 Å². The maximum Gasteiger partial charge on any atom is 0.249 e. The molecule has 1 aromatic heterocycles. The molecule has 1 fully saturated rings. The maximum atomic E-state index is 4.67. The van der Waals surface area contributed by atoms with Crippen molar-refractivity contribution in [1.82, 2.24) is 15.2 Å². The highest BCUT2D eigenvalue weighted by Crippen LogP contribution is 2.23. The van der Waals surface area contributed by atoms with E-state index in [4.69, 9.17) is 0 Å². The van der Waals surface area contributed by atoms with Crippen molar-refractivity contribution in [2.45, 2.75) is 26.3 Å². The first-order chi connectivity index (χ1) is 13.8. The molecule has 0 aliphatic carbocycles. The number of benzene rings is 2. The van der Waals surface area contributed by atoms with Gasteiger partial charge in [-0.1, -0.05) is 30.3 Å². The molecule has 28 heavy (non-hydrogen) atoms. The molecule has 0 spiro atoms. The van der Waals surface area contributed by atoms with Gasteiger partial charge >= 0.3 is 0 Å². The zero-order valence-electron chi connectivity index (χ0n) is 16.3. The predicted molar refractivity (Wildman–Crippen MR) is 114 cm³/mol. The summed E-state index contributed by atoms with van der Waals surface area (Å²) < 4.78 is 0. The van der Waals surface area contributed by atoms with Crippen LogP contribution < -0.4 is 15.1 Å². The third-order valence-electron chi connectivity index (χ3n) is 5.06. The van der Waals surface area contributed by atoms with Gasteiger partial charge in [-0.3, -0.25) is 0 Å². The first-order valence-electron chi connectivity index (χ1n) is 9.92. The van der Waals surface area contributed by atoms with Crippen molar-refractivity contribution in [3.05, 3.63) is 66.4 Å². The minimum absolute atomic E-state index is 0.512. The Kier molecular flexibility index (Phi) is 5.66. The molecule has 4 rings (SSSR count). The van der Waals surface area contributed by atoms with E-state index in [1.165, 1.54) is 24.1 Å². The smallest absolute Gasteiger partial charge is 0.249 e. The summed E-state index contributed by atoms with van der Waals surface area (Å²) in [6.07, 6.45) is 4.28. The lowest BCUT2D eigenvalue weighted by molar-refractivity contribution is 0.798. The van der Waals surface area contributed by atoms with Crippen molar-refractivity contribution in [1.29, 1.82) is 0 Å². The Morgan fingerprint density at radius 2 is 1.75 bits per heavy atom. The molecule has 0 bridgehead atoms. The highest BCUT2D eigenvalue weighted by molar-refractivity contribution is 5.60. The fourth-order valence-corrected chi connectivity index (χ4v) is 3.52. The molecule has 6 nitrogen and oxygen atoms in total. The maximum absolute atomic E-state index is 4.67. The Balaban J connectivity index is 1.45. The summed E-state index contributed by atoms with van der Waals surface area (Å²) in [5, 5.41) is 11.6. The van der Waals surface area contributed by atoms with E-state index in [1.54, 1.807) is 6.20 Å². The van der Waals surface area contributed by atoms with E-state index in [2.05, 4.69) is 85.8 Å².